The quantitative estimate of drug-likeness (QED) is 0.0899. The van der Waals surface area contributed by atoms with Crippen LogP contribution in [0.1, 0.15) is 107 Å². The zero-order valence-electron chi connectivity index (χ0n) is 42.0. The van der Waals surface area contributed by atoms with Crippen LogP contribution in [0.3, 0.4) is 0 Å². The summed E-state index contributed by atoms with van der Waals surface area (Å²) in [5.41, 5.74) is 5.53. The molecule has 4 amide bonds. The number of hydrogen-bond acceptors (Lipinski definition) is 11. The molecule has 70 heavy (non-hydrogen) atoms. The van der Waals surface area contributed by atoms with Crippen LogP contribution in [-0.2, 0) is 20.8 Å². The lowest BCUT2D eigenvalue weighted by Gasteiger charge is -2.63. The normalized spacial score (nSPS) is 22.0. The van der Waals surface area contributed by atoms with Gasteiger partial charge in [-0.05, 0) is 79.6 Å². The number of aliphatic hydroxyl groups excluding tert-OH is 1. The van der Waals surface area contributed by atoms with Crippen molar-refractivity contribution in [2.75, 3.05) is 45.8 Å². The van der Waals surface area contributed by atoms with Crippen LogP contribution >= 0.6 is 22.9 Å². The second kappa shape index (κ2) is 21.5. The van der Waals surface area contributed by atoms with Crippen LogP contribution in [0.2, 0.25) is 5.02 Å². The molecule has 1 saturated carbocycles. The Morgan fingerprint density at radius 2 is 1.61 bits per heavy atom. The molecule has 7 rings (SSSR count). The van der Waals surface area contributed by atoms with E-state index in [1.807, 2.05) is 88.7 Å². The molecule has 2 saturated heterocycles. The third kappa shape index (κ3) is 11.9. The van der Waals surface area contributed by atoms with Crippen molar-refractivity contribution in [3.63, 3.8) is 0 Å². The molecule has 1 aromatic heterocycles. The lowest BCUT2D eigenvalue weighted by Crippen LogP contribution is -2.74. The van der Waals surface area contributed by atoms with Gasteiger partial charge in [0.05, 0.1) is 45.4 Å². The Morgan fingerprint density at radius 1 is 0.957 bits per heavy atom. The third-order valence-corrected chi connectivity index (χ3v) is 15.8. The van der Waals surface area contributed by atoms with Crippen molar-refractivity contribution in [1.82, 2.24) is 35.6 Å². The van der Waals surface area contributed by atoms with Gasteiger partial charge in [-0.25, -0.2) is 4.98 Å². The molecule has 16 heteroatoms. The summed E-state index contributed by atoms with van der Waals surface area (Å²) in [6.07, 6.45) is 0.878. The van der Waals surface area contributed by atoms with E-state index in [9.17, 15) is 29.5 Å². The van der Waals surface area contributed by atoms with Gasteiger partial charge in [-0.1, -0.05) is 96.5 Å². The first kappa shape index (κ1) is 52.5. The van der Waals surface area contributed by atoms with Crippen molar-refractivity contribution >= 4 is 46.6 Å². The fourth-order valence-electron chi connectivity index (χ4n) is 10.7. The average molecular weight is 994 g/mol. The van der Waals surface area contributed by atoms with Crippen molar-refractivity contribution < 1.29 is 29.0 Å². The highest BCUT2D eigenvalue weighted by Gasteiger charge is 2.64. The Labute approximate surface area is 422 Å². The highest BCUT2D eigenvalue weighted by molar-refractivity contribution is 7.13. The Kier molecular flexibility index (Phi) is 16.1. The standard InChI is InChI=1S/C54H69ClN8O6S/c1-33(36-16-18-37(19-17-36)45-34(2)57-32-70-45)58-48(67)43-27-40(64)30-63(43)49(68)46(52(3,4)5)59-44(65)31-62-25-23-61(24-26-62)22-10-11-35-12-14-38(15-13-35)47(66)60-50-53(6,7)51(54(50,8)9)69-41-21-20-39(29-56)42(55)28-41/h12-21,28,32-33,40,43,46,50-51,64H,10-11,22-27,30-31H2,1-9H3,(H,58,67)(H,59,65)(H,60,66)/t33-,40+,43-,46+,50-,51-/m0/s1. The molecule has 0 spiro atoms. The number of nitriles is 1. The maximum Gasteiger partial charge on any atom is 0.251 e. The number of β-amino-alcohol motifs (C(OH)–C–C–N with tert-alkyl or cyclic N) is 1. The molecule has 14 nitrogen and oxygen atoms in total. The van der Waals surface area contributed by atoms with Gasteiger partial charge in [0, 0.05) is 67.6 Å². The molecular formula is C54H69ClN8O6S. The second-order valence-corrected chi connectivity index (χ2v) is 22.9. The van der Waals surface area contributed by atoms with Gasteiger partial charge < -0.3 is 35.6 Å². The van der Waals surface area contributed by atoms with Gasteiger partial charge >= 0.3 is 0 Å². The summed E-state index contributed by atoms with van der Waals surface area (Å²) < 4.78 is 6.38. The molecule has 1 aliphatic carbocycles. The molecule has 374 valence electrons. The molecule has 4 aromatic rings. The number of ether oxygens (including phenoxy) is 1. The van der Waals surface area contributed by atoms with Crippen LogP contribution in [0.5, 0.6) is 5.75 Å². The number of rotatable bonds is 16. The number of amides is 4. The fraction of sp³-hybridized carbons (Fsp3) is 0.519. The zero-order chi connectivity index (χ0) is 50.7. The van der Waals surface area contributed by atoms with Crippen LogP contribution in [0.4, 0.5) is 0 Å². The van der Waals surface area contributed by atoms with E-state index in [0.29, 0.717) is 35.0 Å². The summed E-state index contributed by atoms with van der Waals surface area (Å²) in [5, 5.41) is 29.6. The number of aliphatic hydroxyl groups is 1. The van der Waals surface area contributed by atoms with Crippen LogP contribution in [0.25, 0.3) is 10.4 Å². The topological polar surface area (TPSA) is 180 Å². The summed E-state index contributed by atoms with van der Waals surface area (Å²) in [6, 6.07) is 20.7. The average Bonchev–Trinajstić information content (AvgIpc) is 3.94. The Hall–Kier alpha value is -5.37. The first-order valence-electron chi connectivity index (χ1n) is 24.4. The minimum atomic E-state index is -0.900. The van der Waals surface area contributed by atoms with E-state index in [4.69, 9.17) is 16.3 Å². The number of aryl methyl sites for hydroxylation is 2. The van der Waals surface area contributed by atoms with Crippen molar-refractivity contribution in [2.24, 2.45) is 16.2 Å². The van der Waals surface area contributed by atoms with Gasteiger partial charge in [-0.2, -0.15) is 5.26 Å². The van der Waals surface area contributed by atoms with Gasteiger partial charge in [0.2, 0.25) is 17.7 Å². The molecule has 3 aromatic carbocycles. The van der Waals surface area contributed by atoms with E-state index in [1.165, 1.54) is 4.90 Å². The zero-order valence-corrected chi connectivity index (χ0v) is 43.5. The highest BCUT2D eigenvalue weighted by Crippen LogP contribution is 2.55. The Morgan fingerprint density at radius 3 is 2.21 bits per heavy atom. The van der Waals surface area contributed by atoms with Crippen molar-refractivity contribution in [1.29, 1.82) is 5.26 Å². The second-order valence-electron chi connectivity index (χ2n) is 21.6. The van der Waals surface area contributed by atoms with Crippen molar-refractivity contribution in [2.45, 2.75) is 118 Å². The molecule has 0 bridgehead atoms. The predicted octanol–water partition coefficient (Wildman–Crippen LogP) is 7.18. The van der Waals surface area contributed by atoms with Gasteiger partial charge in [0.1, 0.15) is 30.0 Å². The summed E-state index contributed by atoms with van der Waals surface area (Å²) >= 11 is 7.84. The highest BCUT2D eigenvalue weighted by atomic mass is 35.5. The molecule has 3 aliphatic rings. The molecule has 0 unspecified atom stereocenters. The number of piperazine rings is 1. The maximum absolute atomic E-state index is 14.2. The van der Waals surface area contributed by atoms with Gasteiger partial charge in [-0.15, -0.1) is 11.3 Å². The lowest BCUT2D eigenvalue weighted by atomic mass is 9.49. The SMILES string of the molecule is Cc1ncsc1-c1ccc([C@H](C)NC(=O)[C@@H]2C[C@@H](O)CN2C(=O)[C@@H](NC(=O)CN2CCN(CCCc3ccc(C(=O)N[C@H]4C(C)(C)[C@H](Oc5ccc(C#N)c(Cl)c5)C4(C)C)cc3)CC2)C(C)(C)C)cc1. The molecule has 4 atom stereocenters. The number of likely N-dealkylation sites (tertiary alicyclic amines) is 1. The lowest BCUT2D eigenvalue weighted by molar-refractivity contribution is -0.164. The largest absolute Gasteiger partial charge is 0.489 e. The van der Waals surface area contributed by atoms with E-state index in [2.05, 4.69) is 64.5 Å². The number of nitrogens with one attached hydrogen (secondary N) is 3. The number of halogens is 1. The van der Waals surface area contributed by atoms with Gasteiger partial charge in [-0.3, -0.25) is 24.1 Å². The summed E-state index contributed by atoms with van der Waals surface area (Å²) in [6.45, 7) is 22.0. The molecule has 2 aliphatic heterocycles. The monoisotopic (exact) mass is 992 g/mol. The number of hydrogen-bond donors (Lipinski definition) is 4. The first-order chi connectivity index (χ1) is 33.1. The summed E-state index contributed by atoms with van der Waals surface area (Å²) in [5.74, 6) is -0.521. The van der Waals surface area contributed by atoms with Crippen LogP contribution in [0.15, 0.2) is 72.2 Å². The third-order valence-electron chi connectivity index (χ3n) is 14.5. The van der Waals surface area contributed by atoms with Crippen molar-refractivity contribution in [3.8, 4) is 22.3 Å². The smallest absolute Gasteiger partial charge is 0.251 e. The minimum Gasteiger partial charge on any atom is -0.489 e. The van der Waals surface area contributed by atoms with Crippen molar-refractivity contribution in [3.05, 3.63) is 105 Å². The number of nitrogens with zero attached hydrogens (tertiary/aromatic N) is 5. The fourth-order valence-corrected chi connectivity index (χ4v) is 11.8. The van der Waals surface area contributed by atoms with Gasteiger partial charge in [0.25, 0.3) is 5.91 Å². The number of carbonyl (C=O) groups excluding carboxylic acids is 4. The molecular weight excluding hydrogens is 924 g/mol. The predicted molar refractivity (Wildman–Crippen MR) is 273 cm³/mol. The van der Waals surface area contributed by atoms with Crippen LogP contribution < -0.4 is 20.7 Å². The molecule has 4 N–H and O–H groups in total. The van der Waals surface area contributed by atoms with E-state index in [-0.39, 0.29) is 72.2 Å². The minimum absolute atomic E-state index is 0.0109. The van der Waals surface area contributed by atoms with Crippen LogP contribution in [-0.4, -0.2) is 125 Å². The van der Waals surface area contributed by atoms with E-state index in [0.717, 1.165) is 59.7 Å². The number of aromatic nitrogens is 1. The van der Waals surface area contributed by atoms with E-state index >= 15 is 0 Å². The molecule has 3 heterocycles. The Balaban J connectivity index is 0.833. The number of benzene rings is 3. The Bertz CT molecular complexity index is 2550. The van der Waals surface area contributed by atoms with E-state index < -0.39 is 23.6 Å². The maximum atomic E-state index is 14.2. The van der Waals surface area contributed by atoms with E-state index in [1.54, 1.807) is 29.5 Å². The molecule has 0 radical (unpaired) electrons. The first-order valence-corrected chi connectivity index (χ1v) is 25.6. The van der Waals surface area contributed by atoms with Gasteiger partial charge in [0.15, 0.2) is 0 Å². The number of thiazole rings is 1. The summed E-state index contributed by atoms with van der Waals surface area (Å²) in [7, 11) is 0. The number of carbonyl (C=O) groups is 4. The van der Waals surface area contributed by atoms with Crippen LogP contribution in [0, 0.1) is 34.5 Å². The summed E-state index contributed by atoms with van der Waals surface area (Å²) in [4.78, 5) is 66.4. The molecule has 3 fully saturated rings.